The fraction of sp³-hybridized carbons (Fsp3) is 0.824. The predicted molar refractivity (Wildman–Crippen MR) is 98.2 cm³/mol. The number of aromatic nitrogens is 3. The summed E-state index contributed by atoms with van der Waals surface area (Å²) in [4.78, 5) is 16.4. The van der Waals surface area contributed by atoms with Crippen molar-refractivity contribution in [2.24, 2.45) is 0 Å². The molecule has 0 aromatic carbocycles. The van der Waals surface area contributed by atoms with Crippen LogP contribution in [0.25, 0.3) is 0 Å². The SMILES string of the molecule is CCCCn1c(SCC(=O)N2CCCC2)nnc1C(CC)N(C)C. The van der Waals surface area contributed by atoms with Gasteiger partial charge in [-0.2, -0.15) is 0 Å². The highest BCUT2D eigenvalue weighted by molar-refractivity contribution is 7.99. The molecule has 0 N–H and O–H groups in total. The molecule has 1 atom stereocenters. The van der Waals surface area contributed by atoms with E-state index < -0.39 is 0 Å². The average Bonchev–Trinajstić information content (AvgIpc) is 3.21. The Morgan fingerprint density at radius 1 is 1.25 bits per heavy atom. The summed E-state index contributed by atoms with van der Waals surface area (Å²) in [5.74, 6) is 1.71. The van der Waals surface area contributed by atoms with Crippen molar-refractivity contribution in [1.82, 2.24) is 24.6 Å². The van der Waals surface area contributed by atoms with E-state index in [-0.39, 0.29) is 11.9 Å². The Balaban J connectivity index is 2.10. The van der Waals surface area contributed by atoms with Crippen LogP contribution >= 0.6 is 11.8 Å². The maximum atomic E-state index is 12.3. The van der Waals surface area contributed by atoms with Crippen molar-refractivity contribution in [2.75, 3.05) is 32.9 Å². The molecule has 1 aromatic rings. The summed E-state index contributed by atoms with van der Waals surface area (Å²) < 4.78 is 2.22. The van der Waals surface area contributed by atoms with Crippen molar-refractivity contribution < 1.29 is 4.79 Å². The van der Waals surface area contributed by atoms with Gasteiger partial charge in [0, 0.05) is 19.6 Å². The number of unbranched alkanes of at least 4 members (excludes halogenated alkanes) is 1. The number of amides is 1. The van der Waals surface area contributed by atoms with E-state index in [1.165, 1.54) is 11.8 Å². The van der Waals surface area contributed by atoms with E-state index in [0.717, 1.165) is 62.7 Å². The minimum absolute atomic E-state index is 0.226. The van der Waals surface area contributed by atoms with Crippen molar-refractivity contribution >= 4 is 17.7 Å². The van der Waals surface area contributed by atoms with E-state index in [4.69, 9.17) is 0 Å². The van der Waals surface area contributed by atoms with E-state index >= 15 is 0 Å². The Labute approximate surface area is 150 Å². The van der Waals surface area contributed by atoms with E-state index in [2.05, 4.69) is 47.6 Å². The number of hydrogen-bond acceptors (Lipinski definition) is 5. The number of rotatable bonds is 9. The molecule has 0 spiro atoms. The summed E-state index contributed by atoms with van der Waals surface area (Å²) in [7, 11) is 4.16. The molecule has 2 heterocycles. The fourth-order valence-electron chi connectivity index (χ4n) is 3.14. The van der Waals surface area contributed by atoms with Crippen molar-refractivity contribution in [3.8, 4) is 0 Å². The van der Waals surface area contributed by atoms with Gasteiger partial charge >= 0.3 is 0 Å². The molecule has 1 aliphatic rings. The zero-order chi connectivity index (χ0) is 17.5. The summed E-state index contributed by atoms with van der Waals surface area (Å²) in [5, 5.41) is 9.74. The molecule has 1 unspecified atom stereocenters. The molecule has 1 aliphatic heterocycles. The molecule has 7 heteroatoms. The van der Waals surface area contributed by atoms with Crippen molar-refractivity contribution in [2.45, 2.75) is 63.7 Å². The zero-order valence-corrected chi connectivity index (χ0v) is 16.3. The Kier molecular flexibility index (Phi) is 7.55. The molecule has 1 fully saturated rings. The largest absolute Gasteiger partial charge is 0.342 e. The number of carbonyl (C=O) groups excluding carboxylic acids is 1. The van der Waals surface area contributed by atoms with Gasteiger partial charge in [-0.25, -0.2) is 0 Å². The highest BCUT2D eigenvalue weighted by atomic mass is 32.2. The number of likely N-dealkylation sites (tertiary alicyclic amines) is 1. The molecule has 0 saturated carbocycles. The monoisotopic (exact) mass is 353 g/mol. The molecule has 0 aliphatic carbocycles. The van der Waals surface area contributed by atoms with E-state index in [9.17, 15) is 4.79 Å². The second kappa shape index (κ2) is 9.42. The molecule has 0 bridgehead atoms. The standard InChI is InChI=1S/C17H31N5OS/c1-5-7-12-22-16(14(6-2)20(3)4)18-19-17(22)24-13-15(23)21-10-8-9-11-21/h14H,5-13H2,1-4H3. The summed E-state index contributed by atoms with van der Waals surface area (Å²) in [6.07, 6.45) is 5.49. The van der Waals surface area contributed by atoms with Gasteiger partial charge in [0.2, 0.25) is 5.91 Å². The molecule has 6 nitrogen and oxygen atoms in total. The summed E-state index contributed by atoms with van der Waals surface area (Å²) in [6, 6.07) is 0.262. The van der Waals surface area contributed by atoms with E-state index in [0.29, 0.717) is 5.75 Å². The first kappa shape index (κ1) is 19.2. The van der Waals surface area contributed by atoms with Crippen LogP contribution < -0.4 is 0 Å². The summed E-state index contributed by atoms with van der Waals surface area (Å²) in [6.45, 7) is 7.10. The van der Waals surface area contributed by atoms with Crippen LogP contribution in [0, 0.1) is 0 Å². The first-order valence-corrected chi connectivity index (χ1v) is 10.1. The van der Waals surface area contributed by atoms with Crippen LogP contribution in [0.4, 0.5) is 0 Å². The topological polar surface area (TPSA) is 54.3 Å². The molecule has 0 radical (unpaired) electrons. The molecule has 1 aromatic heterocycles. The van der Waals surface area contributed by atoms with Gasteiger partial charge in [-0.3, -0.25) is 9.69 Å². The Morgan fingerprint density at radius 2 is 1.96 bits per heavy atom. The first-order valence-electron chi connectivity index (χ1n) is 9.08. The van der Waals surface area contributed by atoms with Gasteiger partial charge in [0.15, 0.2) is 11.0 Å². The van der Waals surface area contributed by atoms with Crippen LogP contribution in [0.2, 0.25) is 0 Å². The van der Waals surface area contributed by atoms with Gasteiger partial charge in [-0.05, 0) is 39.8 Å². The molecule has 24 heavy (non-hydrogen) atoms. The highest BCUT2D eigenvalue weighted by Gasteiger charge is 2.23. The first-order chi connectivity index (χ1) is 11.6. The second-order valence-corrected chi connectivity index (χ2v) is 7.55. The maximum absolute atomic E-state index is 12.3. The van der Waals surface area contributed by atoms with E-state index in [1.54, 1.807) is 0 Å². The maximum Gasteiger partial charge on any atom is 0.233 e. The van der Waals surface area contributed by atoms with Crippen molar-refractivity contribution in [3.05, 3.63) is 5.82 Å². The van der Waals surface area contributed by atoms with Gasteiger partial charge in [-0.15, -0.1) is 10.2 Å². The van der Waals surface area contributed by atoms with Gasteiger partial charge in [0.05, 0.1) is 11.8 Å². The Hall–Kier alpha value is -1.08. The summed E-state index contributed by atoms with van der Waals surface area (Å²) >= 11 is 1.53. The molecule has 136 valence electrons. The number of nitrogens with zero attached hydrogens (tertiary/aromatic N) is 5. The molecular formula is C17H31N5OS. The van der Waals surface area contributed by atoms with Crippen LogP contribution in [0.5, 0.6) is 0 Å². The average molecular weight is 354 g/mol. The van der Waals surface area contributed by atoms with Gasteiger partial charge in [0.1, 0.15) is 0 Å². The fourth-order valence-corrected chi connectivity index (χ4v) is 4.02. The summed E-state index contributed by atoms with van der Waals surface area (Å²) in [5.41, 5.74) is 0. The van der Waals surface area contributed by atoms with Crippen LogP contribution in [0.1, 0.15) is 57.8 Å². The lowest BCUT2D eigenvalue weighted by Gasteiger charge is -2.23. The van der Waals surface area contributed by atoms with E-state index in [1.807, 2.05) is 4.90 Å². The number of thioether (sulfide) groups is 1. The van der Waals surface area contributed by atoms with Gasteiger partial charge < -0.3 is 9.47 Å². The molecular weight excluding hydrogens is 322 g/mol. The predicted octanol–water partition coefficient (Wildman–Crippen LogP) is 2.81. The minimum atomic E-state index is 0.226. The molecule has 2 rings (SSSR count). The van der Waals surface area contributed by atoms with Crippen LogP contribution in [0.3, 0.4) is 0 Å². The van der Waals surface area contributed by atoms with Crippen molar-refractivity contribution in [3.63, 3.8) is 0 Å². The lowest BCUT2D eigenvalue weighted by molar-refractivity contribution is -0.127. The lowest BCUT2D eigenvalue weighted by Crippen LogP contribution is -2.29. The van der Waals surface area contributed by atoms with Gasteiger partial charge in [-0.1, -0.05) is 32.0 Å². The molecule has 1 amide bonds. The number of carbonyl (C=O) groups is 1. The lowest BCUT2D eigenvalue weighted by atomic mass is 10.2. The van der Waals surface area contributed by atoms with Crippen LogP contribution in [0.15, 0.2) is 5.16 Å². The number of hydrogen-bond donors (Lipinski definition) is 0. The molecule has 1 saturated heterocycles. The minimum Gasteiger partial charge on any atom is -0.342 e. The third-order valence-corrected chi connectivity index (χ3v) is 5.52. The Bertz CT molecular complexity index is 525. The zero-order valence-electron chi connectivity index (χ0n) is 15.5. The third kappa shape index (κ3) is 4.72. The highest BCUT2D eigenvalue weighted by Crippen LogP contribution is 2.26. The van der Waals surface area contributed by atoms with Crippen LogP contribution in [-0.4, -0.2) is 63.4 Å². The smallest absolute Gasteiger partial charge is 0.233 e. The van der Waals surface area contributed by atoms with Gasteiger partial charge in [0.25, 0.3) is 0 Å². The normalized spacial score (nSPS) is 16.1. The van der Waals surface area contributed by atoms with Crippen molar-refractivity contribution in [1.29, 1.82) is 0 Å². The van der Waals surface area contributed by atoms with Crippen LogP contribution in [-0.2, 0) is 11.3 Å². The third-order valence-electron chi connectivity index (χ3n) is 4.57. The Morgan fingerprint density at radius 3 is 2.54 bits per heavy atom. The second-order valence-electron chi connectivity index (χ2n) is 6.61. The quantitative estimate of drug-likeness (QED) is 0.639.